The molecule has 16 unspecified atom stereocenters. The van der Waals surface area contributed by atoms with Gasteiger partial charge in [-0.2, -0.15) is 0 Å². The zero-order valence-electron chi connectivity index (χ0n) is 31.9. The van der Waals surface area contributed by atoms with Gasteiger partial charge in [0.05, 0.1) is 24.4 Å². The summed E-state index contributed by atoms with van der Waals surface area (Å²) in [5.74, 6) is 5.75. The Morgan fingerprint density at radius 2 is 1.46 bits per heavy atom. The van der Waals surface area contributed by atoms with Gasteiger partial charge in [-0.3, -0.25) is 0 Å². The van der Waals surface area contributed by atoms with Crippen LogP contribution in [0.4, 0.5) is 0 Å². The van der Waals surface area contributed by atoms with E-state index < -0.39 is 12.2 Å². The van der Waals surface area contributed by atoms with Crippen molar-refractivity contribution < 1.29 is 20.4 Å². The lowest BCUT2D eigenvalue weighted by molar-refractivity contribution is -0.281. The Bertz CT molecular complexity index is 1020. The molecule has 0 aromatic heterocycles. The zero-order chi connectivity index (χ0) is 34.1. The van der Waals surface area contributed by atoms with E-state index in [0.29, 0.717) is 35.5 Å². The Balaban J connectivity index is 1.34. The molecule has 5 saturated carbocycles. The van der Waals surface area contributed by atoms with Crippen LogP contribution < -0.4 is 0 Å². The van der Waals surface area contributed by atoms with Gasteiger partial charge < -0.3 is 20.4 Å². The minimum absolute atomic E-state index is 0.0330. The first-order chi connectivity index (χ1) is 21.4. The van der Waals surface area contributed by atoms with Crippen LogP contribution in [0, 0.1) is 93.2 Å². The summed E-state index contributed by atoms with van der Waals surface area (Å²) in [4.78, 5) is 0. The van der Waals surface area contributed by atoms with E-state index >= 15 is 0 Å². The van der Waals surface area contributed by atoms with Crippen molar-refractivity contribution in [1.29, 1.82) is 0 Å². The third kappa shape index (κ3) is 6.21. The van der Waals surface area contributed by atoms with Crippen LogP contribution in [-0.2, 0) is 0 Å². The van der Waals surface area contributed by atoms with Crippen LogP contribution in [0.25, 0.3) is 0 Å². The Kier molecular flexibility index (Phi) is 10.9. The number of aliphatic hydroxyl groups is 4. The van der Waals surface area contributed by atoms with Crippen LogP contribution in [0.5, 0.6) is 0 Å². The molecule has 5 rings (SSSR count). The minimum Gasteiger partial charge on any atom is -0.393 e. The van der Waals surface area contributed by atoms with Gasteiger partial charge in [0.2, 0.25) is 0 Å². The van der Waals surface area contributed by atoms with Crippen LogP contribution >= 0.6 is 0 Å². The molecular formula is C42H76O4. The largest absolute Gasteiger partial charge is 0.393 e. The number of rotatable bonds is 8. The Morgan fingerprint density at radius 3 is 2.02 bits per heavy atom. The van der Waals surface area contributed by atoms with Crippen molar-refractivity contribution >= 4 is 0 Å². The van der Waals surface area contributed by atoms with Crippen molar-refractivity contribution in [2.45, 2.75) is 171 Å². The van der Waals surface area contributed by atoms with Gasteiger partial charge in [0.25, 0.3) is 0 Å². The van der Waals surface area contributed by atoms with Gasteiger partial charge in [-0.1, -0.05) is 82.1 Å². The third-order valence-electron chi connectivity index (χ3n) is 17.0. The fourth-order valence-corrected chi connectivity index (χ4v) is 14.4. The third-order valence-corrected chi connectivity index (χ3v) is 17.0. The molecule has 5 fully saturated rings. The minimum atomic E-state index is -0.576. The molecule has 0 saturated heterocycles. The van der Waals surface area contributed by atoms with E-state index in [1.165, 1.54) is 38.5 Å². The molecule has 0 bridgehead atoms. The van der Waals surface area contributed by atoms with Crippen molar-refractivity contribution in [3.63, 3.8) is 0 Å². The fraction of sp³-hybridized carbons (Fsp3) is 1.00. The normalized spacial score (nSPS) is 52.5. The average Bonchev–Trinajstić information content (AvgIpc) is 2.94. The summed E-state index contributed by atoms with van der Waals surface area (Å²) in [7, 11) is 0. The summed E-state index contributed by atoms with van der Waals surface area (Å²) in [6.07, 6.45) is 11.0. The molecular weight excluding hydrogens is 568 g/mol. The van der Waals surface area contributed by atoms with Gasteiger partial charge >= 0.3 is 0 Å². The van der Waals surface area contributed by atoms with Crippen molar-refractivity contribution in [2.24, 2.45) is 93.2 Å². The van der Waals surface area contributed by atoms with Crippen LogP contribution in [0.2, 0.25) is 0 Å². The van der Waals surface area contributed by atoms with Gasteiger partial charge in [0.15, 0.2) is 0 Å². The van der Waals surface area contributed by atoms with Crippen molar-refractivity contribution in [1.82, 2.24) is 0 Å². The van der Waals surface area contributed by atoms with E-state index in [0.717, 1.165) is 43.9 Å². The lowest BCUT2D eigenvalue weighted by atomic mass is 9.33. The van der Waals surface area contributed by atoms with Gasteiger partial charge in [0, 0.05) is 11.3 Å². The molecule has 0 heterocycles. The Morgan fingerprint density at radius 1 is 0.826 bits per heavy atom. The summed E-state index contributed by atoms with van der Waals surface area (Å²) >= 11 is 0. The molecule has 5 aliphatic carbocycles. The summed E-state index contributed by atoms with van der Waals surface area (Å²) in [5, 5.41) is 46.9. The quantitative estimate of drug-likeness (QED) is 0.213. The second-order valence-electron chi connectivity index (χ2n) is 20.1. The molecule has 4 heteroatoms. The summed E-state index contributed by atoms with van der Waals surface area (Å²) in [6.45, 7) is 25.7. The van der Waals surface area contributed by atoms with Gasteiger partial charge in [-0.05, 0) is 147 Å². The number of hydrogen-bond donors (Lipinski definition) is 4. The van der Waals surface area contributed by atoms with Gasteiger partial charge in [-0.25, -0.2) is 0 Å². The van der Waals surface area contributed by atoms with Crippen LogP contribution in [-0.4, -0.2) is 44.8 Å². The van der Waals surface area contributed by atoms with E-state index in [1.807, 2.05) is 6.92 Å². The highest BCUT2D eigenvalue weighted by atomic mass is 16.3. The fourth-order valence-electron chi connectivity index (χ4n) is 14.4. The Hall–Kier alpha value is -0.160. The molecule has 0 radical (unpaired) electrons. The molecule has 0 aromatic carbocycles. The molecule has 5 aliphatic rings. The number of fused-ring (bicyclic) bond motifs is 3. The first-order valence-electron chi connectivity index (χ1n) is 20.1. The second kappa shape index (κ2) is 13.5. The van der Waals surface area contributed by atoms with Crippen molar-refractivity contribution in [2.75, 3.05) is 0 Å². The predicted octanol–water partition coefficient (Wildman–Crippen LogP) is 8.98. The molecule has 0 amide bonds. The lowest BCUT2D eigenvalue weighted by Gasteiger charge is -2.72. The maximum Gasteiger partial charge on any atom is 0.0656 e. The second-order valence-corrected chi connectivity index (χ2v) is 20.1. The van der Waals surface area contributed by atoms with E-state index in [4.69, 9.17) is 0 Å². The predicted molar refractivity (Wildman–Crippen MR) is 190 cm³/mol. The average molecular weight is 645 g/mol. The number of aliphatic hydroxyl groups excluding tert-OH is 4. The van der Waals surface area contributed by atoms with E-state index in [1.54, 1.807) is 0 Å². The topological polar surface area (TPSA) is 80.9 Å². The highest BCUT2D eigenvalue weighted by Crippen LogP contribution is 2.73. The number of hydrogen-bond acceptors (Lipinski definition) is 4. The Labute approximate surface area is 284 Å². The summed E-state index contributed by atoms with van der Waals surface area (Å²) < 4.78 is 0. The van der Waals surface area contributed by atoms with Crippen LogP contribution in [0.15, 0.2) is 0 Å². The standard InChI is InChI=1S/C42H76O4/c1-23(2)30-14-12-29(13-15-30)18-32(44)17-16-31-19-33(24(3)4)34-21-40(9)22-41(10)20-25(5)35(28(8)43)39(46)42(41,11)27(7)37(40)38(45)36(34)26(31)6/h23-39,43-46H,12-22H2,1-11H3. The summed E-state index contributed by atoms with van der Waals surface area (Å²) in [6, 6.07) is 0. The molecule has 46 heavy (non-hydrogen) atoms. The molecule has 0 aromatic rings. The first kappa shape index (κ1) is 37.1. The lowest BCUT2D eigenvalue weighted by Crippen LogP contribution is -2.70. The van der Waals surface area contributed by atoms with Crippen LogP contribution in [0.3, 0.4) is 0 Å². The molecule has 4 N–H and O–H groups in total. The van der Waals surface area contributed by atoms with Gasteiger partial charge in [-0.15, -0.1) is 0 Å². The zero-order valence-corrected chi connectivity index (χ0v) is 31.9. The van der Waals surface area contributed by atoms with Crippen LogP contribution in [0.1, 0.15) is 147 Å². The van der Waals surface area contributed by atoms with Crippen molar-refractivity contribution in [3.8, 4) is 0 Å². The van der Waals surface area contributed by atoms with E-state index in [-0.39, 0.29) is 58.0 Å². The molecule has 0 spiro atoms. The van der Waals surface area contributed by atoms with Gasteiger partial charge in [0.1, 0.15) is 0 Å². The van der Waals surface area contributed by atoms with E-state index in [2.05, 4.69) is 69.2 Å². The molecule has 4 nitrogen and oxygen atoms in total. The summed E-state index contributed by atoms with van der Waals surface area (Å²) in [5.41, 5.74) is -0.350. The molecule has 16 atom stereocenters. The first-order valence-corrected chi connectivity index (χ1v) is 20.1. The van der Waals surface area contributed by atoms with E-state index in [9.17, 15) is 20.4 Å². The SMILES string of the molecule is CC(C)C1CCC(CC(O)CCC2CC(C(C)C)C3CC4(C)CC5(C)CC(C)C(C(C)O)C(O)C5(C)C(C)C4C(O)C3C2C)CC1. The molecule has 0 aliphatic heterocycles. The monoisotopic (exact) mass is 645 g/mol. The highest BCUT2D eigenvalue weighted by Gasteiger charge is 2.70. The maximum atomic E-state index is 12.7. The molecule has 268 valence electrons. The highest BCUT2D eigenvalue weighted by molar-refractivity contribution is 5.19. The van der Waals surface area contributed by atoms with Crippen molar-refractivity contribution in [3.05, 3.63) is 0 Å². The smallest absolute Gasteiger partial charge is 0.0656 e. The maximum absolute atomic E-state index is 12.7.